The van der Waals surface area contributed by atoms with Gasteiger partial charge in [0, 0.05) is 50.8 Å². The molecule has 5 atom stereocenters. The largest absolute Gasteiger partial charge is 0.465 e. The third-order valence-corrected chi connectivity index (χ3v) is 9.45. The van der Waals surface area contributed by atoms with Gasteiger partial charge in [0.25, 0.3) is 17.7 Å². The maximum Gasteiger partial charge on any atom is 0.408 e. The van der Waals surface area contributed by atoms with Gasteiger partial charge in [0.15, 0.2) is 0 Å². The highest BCUT2D eigenvalue weighted by atomic mass is 16.7. The zero-order valence-corrected chi connectivity index (χ0v) is 31.5. The molecule has 294 valence electrons. The maximum atomic E-state index is 13.1. The van der Waals surface area contributed by atoms with Crippen molar-refractivity contribution in [3.8, 4) is 0 Å². The number of hydrogen-bond acceptors (Lipinski definition) is 10. The van der Waals surface area contributed by atoms with Gasteiger partial charge in [-0.05, 0) is 70.9 Å². The first-order chi connectivity index (χ1) is 25.0. The number of amides is 7. The zero-order chi connectivity index (χ0) is 39.5. The molecule has 0 spiro atoms. The van der Waals surface area contributed by atoms with Gasteiger partial charge in [-0.2, -0.15) is 0 Å². The number of carbonyl (C=O) groups excluding carboxylic acids is 6. The molecule has 1 aromatic rings. The Labute approximate surface area is 309 Å². The number of hydrogen-bond donors (Lipinski definition) is 5. The summed E-state index contributed by atoms with van der Waals surface area (Å²) >= 11 is 0. The lowest BCUT2D eigenvalue weighted by Gasteiger charge is -2.40. The number of rotatable bonds is 15. The van der Waals surface area contributed by atoms with E-state index in [1.807, 2.05) is 0 Å². The highest BCUT2D eigenvalue weighted by Gasteiger charge is 2.42. The van der Waals surface area contributed by atoms with Crippen molar-refractivity contribution in [1.29, 1.82) is 0 Å². The second kappa shape index (κ2) is 19.3. The first-order valence-corrected chi connectivity index (χ1v) is 17.7. The molecule has 3 heterocycles. The average Bonchev–Trinajstić information content (AvgIpc) is 3.72. The quantitative estimate of drug-likeness (QED) is 0.157. The Kier molecular flexibility index (Phi) is 15.5. The number of carbonyl (C=O) groups is 7. The van der Waals surface area contributed by atoms with Crippen molar-refractivity contribution in [2.45, 2.75) is 89.4 Å². The monoisotopic (exact) mass is 746 g/mol. The summed E-state index contributed by atoms with van der Waals surface area (Å²) in [4.78, 5) is 101. The Morgan fingerprint density at radius 3 is 1.87 bits per heavy atom. The summed E-state index contributed by atoms with van der Waals surface area (Å²) < 4.78 is 0. The Morgan fingerprint density at radius 2 is 1.42 bits per heavy atom. The summed E-state index contributed by atoms with van der Waals surface area (Å²) in [5.41, 5.74) is -0.569. The molecule has 0 bridgehead atoms. The fourth-order valence-electron chi connectivity index (χ4n) is 6.25. The minimum atomic E-state index is -1.20. The Hall–Kier alpha value is -4.84. The lowest BCUT2D eigenvalue weighted by molar-refractivity contribution is -0.176. The maximum absolute atomic E-state index is 13.1. The van der Waals surface area contributed by atoms with Crippen molar-refractivity contribution in [2.75, 3.05) is 41.4 Å². The molecule has 0 radical (unpaired) electrons. The Bertz CT molecular complexity index is 1470. The van der Waals surface area contributed by atoms with E-state index in [0.717, 1.165) is 27.9 Å². The van der Waals surface area contributed by atoms with Crippen LogP contribution in [0.3, 0.4) is 0 Å². The Morgan fingerprint density at radius 1 is 0.849 bits per heavy atom. The molecule has 0 unspecified atom stereocenters. The fraction of sp³-hybridized carbons (Fsp3) is 0.657. The average molecular weight is 747 g/mol. The van der Waals surface area contributed by atoms with Crippen LogP contribution in [-0.4, -0.2) is 132 Å². The van der Waals surface area contributed by atoms with Crippen molar-refractivity contribution in [3.63, 3.8) is 0 Å². The topological polar surface area (TPSA) is 229 Å². The van der Waals surface area contributed by atoms with Crippen LogP contribution < -0.4 is 21.3 Å². The van der Waals surface area contributed by atoms with Crippen molar-refractivity contribution in [3.05, 3.63) is 30.1 Å². The van der Waals surface area contributed by atoms with Crippen LogP contribution in [-0.2, 0) is 33.6 Å². The summed E-state index contributed by atoms with van der Waals surface area (Å²) in [7, 11) is 5.55. The molecule has 3 aliphatic rings. The molecular weight excluding hydrogens is 692 g/mol. The smallest absolute Gasteiger partial charge is 0.408 e. The minimum absolute atomic E-state index is 0.134. The molecule has 7 amide bonds. The number of aromatic nitrogens is 1. The molecule has 3 fully saturated rings. The van der Waals surface area contributed by atoms with Gasteiger partial charge in [0.1, 0.15) is 23.8 Å². The van der Waals surface area contributed by atoms with Crippen LogP contribution in [0.2, 0.25) is 0 Å². The zero-order valence-electron chi connectivity index (χ0n) is 31.5. The van der Waals surface area contributed by atoms with Crippen molar-refractivity contribution in [2.24, 2.45) is 17.8 Å². The van der Waals surface area contributed by atoms with E-state index >= 15 is 0 Å². The van der Waals surface area contributed by atoms with E-state index in [4.69, 9.17) is 9.68 Å². The van der Waals surface area contributed by atoms with Gasteiger partial charge in [0.05, 0.1) is 14.2 Å². The third-order valence-electron chi connectivity index (χ3n) is 9.45. The van der Waals surface area contributed by atoms with Gasteiger partial charge in [0.2, 0.25) is 17.7 Å². The van der Waals surface area contributed by atoms with Crippen molar-refractivity contribution < 1.29 is 48.3 Å². The van der Waals surface area contributed by atoms with Gasteiger partial charge in [-0.25, -0.2) is 14.9 Å². The summed E-state index contributed by atoms with van der Waals surface area (Å²) in [6.45, 7) is 6.23. The first-order valence-electron chi connectivity index (χ1n) is 17.7. The molecule has 0 aromatic carbocycles. The summed E-state index contributed by atoms with van der Waals surface area (Å²) in [6.07, 6.45) is 4.28. The first kappa shape index (κ1) is 42.6. The molecule has 5 N–H and O–H groups in total. The van der Waals surface area contributed by atoms with E-state index < -0.39 is 53.4 Å². The predicted molar refractivity (Wildman–Crippen MR) is 189 cm³/mol. The molecule has 18 heteroatoms. The molecule has 53 heavy (non-hydrogen) atoms. The van der Waals surface area contributed by atoms with Crippen molar-refractivity contribution in [1.82, 2.24) is 41.3 Å². The molecule has 1 aromatic heterocycles. The molecule has 4 rings (SSSR count). The third kappa shape index (κ3) is 12.4. The van der Waals surface area contributed by atoms with Gasteiger partial charge in [-0.15, -0.1) is 0 Å². The number of likely N-dealkylation sites (N-methyl/N-ethyl adjacent to an activating group) is 2. The molecule has 1 aliphatic carbocycles. The standard InChI is InChI=1S/C21H29N5O5.C14H25N3O5/c1-26(31-2)21(30)17(12-14-8-10-23-18(14)27)25-20(29)16(11-13-6-7-13)24-19(28)15-5-3-4-9-22-15;1-14(2,3)17(13(20)21)10(12(19)16(4)22-5)8-9-6-7-15-11(9)18/h3-5,9,13-14,16-17H,6-8,10-12H2,1-2H3,(H,23,27)(H,24,28)(H,25,29);9-10H,6-8H2,1-5H3,(H,15,18)(H,20,21)/t14-,16-,17-;9-,10-/m00/s1. The second-order valence-corrected chi connectivity index (χ2v) is 14.4. The van der Waals surface area contributed by atoms with E-state index in [1.165, 1.54) is 34.5 Å². The van der Waals surface area contributed by atoms with E-state index in [2.05, 4.69) is 26.3 Å². The van der Waals surface area contributed by atoms with Gasteiger partial charge >= 0.3 is 6.09 Å². The van der Waals surface area contributed by atoms with E-state index in [1.54, 1.807) is 39.0 Å². The number of pyridine rings is 1. The lowest BCUT2D eigenvalue weighted by Crippen LogP contribution is -2.57. The van der Waals surface area contributed by atoms with Crippen LogP contribution in [0, 0.1) is 17.8 Å². The van der Waals surface area contributed by atoms with E-state index in [-0.39, 0.29) is 42.2 Å². The number of carboxylic acid groups (broad SMARTS) is 1. The normalized spacial score (nSPS) is 19.7. The fourth-order valence-corrected chi connectivity index (χ4v) is 6.25. The highest BCUT2D eigenvalue weighted by Crippen LogP contribution is 2.34. The predicted octanol–water partition coefficient (Wildman–Crippen LogP) is 0.690. The summed E-state index contributed by atoms with van der Waals surface area (Å²) in [5, 5.41) is 22.5. The molecule has 2 aliphatic heterocycles. The lowest BCUT2D eigenvalue weighted by atomic mass is 9.93. The van der Waals surface area contributed by atoms with Crippen LogP contribution in [0.5, 0.6) is 0 Å². The van der Waals surface area contributed by atoms with Crippen LogP contribution in [0.15, 0.2) is 24.4 Å². The van der Waals surface area contributed by atoms with Gasteiger partial charge < -0.3 is 26.4 Å². The number of hydroxylamine groups is 4. The number of nitrogens with one attached hydrogen (secondary N) is 4. The molecule has 18 nitrogen and oxygen atoms in total. The summed E-state index contributed by atoms with van der Waals surface area (Å²) in [5.74, 6) is -2.52. The van der Waals surface area contributed by atoms with E-state index in [0.29, 0.717) is 38.3 Å². The second-order valence-electron chi connectivity index (χ2n) is 14.4. The minimum Gasteiger partial charge on any atom is -0.465 e. The molecular formula is C35H54N8O10. The SMILES string of the molecule is CON(C)C(=O)[C@H](C[C@@H]1CCNC1=O)N(C(=O)O)C(C)(C)C.CON(C)C(=O)[C@H](C[C@@H]1CCNC1=O)NC(=O)[C@H](CC1CC1)NC(=O)c1ccccn1. The van der Waals surface area contributed by atoms with Crippen LogP contribution >= 0.6 is 0 Å². The van der Waals surface area contributed by atoms with E-state index in [9.17, 15) is 38.7 Å². The Balaban J connectivity index is 0.000000304. The molecule has 2 saturated heterocycles. The van der Waals surface area contributed by atoms with Crippen LogP contribution in [0.1, 0.15) is 76.2 Å². The number of nitrogens with zero attached hydrogens (tertiary/aromatic N) is 4. The summed E-state index contributed by atoms with van der Waals surface area (Å²) in [6, 6.07) is 2.24. The molecule has 1 saturated carbocycles. The van der Waals surface area contributed by atoms with Crippen molar-refractivity contribution >= 4 is 41.5 Å². The van der Waals surface area contributed by atoms with Gasteiger partial charge in [-0.1, -0.05) is 18.9 Å². The van der Waals surface area contributed by atoms with Gasteiger partial charge in [-0.3, -0.25) is 48.3 Å². The van der Waals surface area contributed by atoms with Crippen LogP contribution in [0.4, 0.5) is 4.79 Å². The van der Waals surface area contributed by atoms with Crippen LogP contribution in [0.25, 0.3) is 0 Å². The highest BCUT2D eigenvalue weighted by molar-refractivity contribution is 5.97.